The molecule has 2 aromatic rings. The van der Waals surface area contributed by atoms with Gasteiger partial charge in [0.1, 0.15) is 0 Å². The molecule has 0 radical (unpaired) electrons. The minimum atomic E-state index is 0.971. The molecule has 1 heterocycles. The summed E-state index contributed by atoms with van der Waals surface area (Å²) in [7, 11) is 0. The van der Waals surface area contributed by atoms with Crippen molar-refractivity contribution in [2.24, 2.45) is 0 Å². The van der Waals surface area contributed by atoms with E-state index in [1.807, 2.05) is 18.3 Å². The Morgan fingerprint density at radius 2 is 1.87 bits per heavy atom. The molecule has 1 aromatic heterocycles. The number of pyridine rings is 1. The Balaban J connectivity index is 2.50. The SMILES string of the molecule is Cc1cccc(-c2cc(Br)c(Br)cn2)c1. The van der Waals surface area contributed by atoms with Crippen molar-refractivity contribution >= 4 is 31.9 Å². The summed E-state index contributed by atoms with van der Waals surface area (Å²) in [6, 6.07) is 10.3. The van der Waals surface area contributed by atoms with Crippen LogP contribution in [0.15, 0.2) is 45.5 Å². The van der Waals surface area contributed by atoms with E-state index in [4.69, 9.17) is 0 Å². The van der Waals surface area contributed by atoms with Crippen LogP contribution in [0.2, 0.25) is 0 Å². The lowest BCUT2D eigenvalue weighted by Crippen LogP contribution is -1.84. The van der Waals surface area contributed by atoms with Gasteiger partial charge in [-0.05, 0) is 50.9 Å². The fourth-order valence-corrected chi connectivity index (χ4v) is 1.91. The van der Waals surface area contributed by atoms with Crippen LogP contribution < -0.4 is 0 Å². The molecule has 0 fully saturated rings. The van der Waals surface area contributed by atoms with Crippen molar-refractivity contribution in [2.75, 3.05) is 0 Å². The van der Waals surface area contributed by atoms with E-state index in [0.717, 1.165) is 20.2 Å². The molecule has 0 saturated carbocycles. The van der Waals surface area contributed by atoms with Gasteiger partial charge in [0.25, 0.3) is 0 Å². The minimum Gasteiger partial charge on any atom is -0.255 e. The molecule has 0 aliphatic rings. The van der Waals surface area contributed by atoms with Crippen LogP contribution in [0.1, 0.15) is 5.56 Å². The van der Waals surface area contributed by atoms with Crippen molar-refractivity contribution in [3.05, 3.63) is 51.0 Å². The van der Waals surface area contributed by atoms with Gasteiger partial charge in [0.2, 0.25) is 0 Å². The molecule has 1 nitrogen and oxygen atoms in total. The summed E-state index contributed by atoms with van der Waals surface area (Å²) in [4.78, 5) is 4.37. The van der Waals surface area contributed by atoms with Gasteiger partial charge in [-0.15, -0.1) is 0 Å². The third-order valence-corrected chi connectivity index (χ3v) is 3.94. The Kier molecular flexibility index (Phi) is 3.22. The van der Waals surface area contributed by atoms with Crippen molar-refractivity contribution in [3.63, 3.8) is 0 Å². The highest BCUT2D eigenvalue weighted by Gasteiger charge is 2.02. The van der Waals surface area contributed by atoms with E-state index in [0.29, 0.717) is 0 Å². The predicted molar refractivity (Wildman–Crippen MR) is 69.8 cm³/mol. The second kappa shape index (κ2) is 4.45. The topological polar surface area (TPSA) is 12.9 Å². The zero-order valence-corrected chi connectivity index (χ0v) is 11.3. The van der Waals surface area contributed by atoms with Crippen molar-refractivity contribution < 1.29 is 0 Å². The minimum absolute atomic E-state index is 0.971. The summed E-state index contributed by atoms with van der Waals surface area (Å²) in [6.45, 7) is 2.08. The van der Waals surface area contributed by atoms with Gasteiger partial charge in [0.05, 0.1) is 10.2 Å². The van der Waals surface area contributed by atoms with Crippen LogP contribution in [0.3, 0.4) is 0 Å². The summed E-state index contributed by atoms with van der Waals surface area (Å²) in [6.07, 6.45) is 1.81. The summed E-state index contributed by atoms with van der Waals surface area (Å²) < 4.78 is 1.99. The number of rotatable bonds is 1. The third-order valence-electron chi connectivity index (χ3n) is 2.12. The maximum atomic E-state index is 4.37. The molecule has 0 atom stereocenters. The molecule has 2 rings (SSSR count). The summed E-state index contributed by atoms with van der Waals surface area (Å²) >= 11 is 6.88. The Bertz CT molecular complexity index is 495. The zero-order valence-electron chi connectivity index (χ0n) is 8.17. The van der Waals surface area contributed by atoms with Crippen LogP contribution >= 0.6 is 31.9 Å². The lowest BCUT2D eigenvalue weighted by molar-refractivity contribution is 1.29. The molecule has 0 aliphatic carbocycles. The molecule has 0 bridgehead atoms. The average molecular weight is 327 g/mol. The molecule has 3 heteroatoms. The van der Waals surface area contributed by atoms with Crippen molar-refractivity contribution in [1.82, 2.24) is 4.98 Å². The maximum absolute atomic E-state index is 4.37. The van der Waals surface area contributed by atoms with Crippen LogP contribution in [0.4, 0.5) is 0 Å². The molecule has 0 saturated heterocycles. The van der Waals surface area contributed by atoms with E-state index >= 15 is 0 Å². The number of aromatic nitrogens is 1. The fraction of sp³-hybridized carbons (Fsp3) is 0.0833. The Morgan fingerprint density at radius 3 is 2.53 bits per heavy atom. The van der Waals surface area contributed by atoms with Gasteiger partial charge < -0.3 is 0 Å². The molecule has 76 valence electrons. The highest BCUT2D eigenvalue weighted by Crippen LogP contribution is 2.27. The Hall–Kier alpha value is -0.670. The van der Waals surface area contributed by atoms with Crippen LogP contribution in [-0.4, -0.2) is 4.98 Å². The Morgan fingerprint density at radius 1 is 1.07 bits per heavy atom. The average Bonchev–Trinajstić information content (AvgIpc) is 2.22. The highest BCUT2D eigenvalue weighted by atomic mass is 79.9. The van der Waals surface area contributed by atoms with Crippen LogP contribution in [0.25, 0.3) is 11.3 Å². The Labute approximate surface area is 106 Å². The summed E-state index contributed by atoms with van der Waals surface area (Å²) in [5.41, 5.74) is 3.37. The molecule has 0 aliphatic heterocycles. The first-order chi connectivity index (χ1) is 7.16. The van der Waals surface area contributed by atoms with Gasteiger partial charge in [0, 0.05) is 16.2 Å². The van der Waals surface area contributed by atoms with Gasteiger partial charge >= 0.3 is 0 Å². The lowest BCUT2D eigenvalue weighted by Gasteiger charge is -2.03. The van der Waals surface area contributed by atoms with Gasteiger partial charge in [-0.2, -0.15) is 0 Å². The van der Waals surface area contributed by atoms with Gasteiger partial charge in [-0.3, -0.25) is 4.98 Å². The first-order valence-electron chi connectivity index (χ1n) is 4.55. The van der Waals surface area contributed by atoms with Crippen molar-refractivity contribution in [3.8, 4) is 11.3 Å². The van der Waals surface area contributed by atoms with Crippen molar-refractivity contribution in [1.29, 1.82) is 0 Å². The van der Waals surface area contributed by atoms with Gasteiger partial charge in [0.15, 0.2) is 0 Å². The first kappa shape index (κ1) is 10.8. The van der Waals surface area contributed by atoms with E-state index in [1.54, 1.807) is 0 Å². The fourth-order valence-electron chi connectivity index (χ4n) is 1.38. The highest BCUT2D eigenvalue weighted by molar-refractivity contribution is 9.13. The predicted octanol–water partition coefficient (Wildman–Crippen LogP) is 4.58. The zero-order chi connectivity index (χ0) is 10.8. The van der Waals surface area contributed by atoms with Crippen LogP contribution in [-0.2, 0) is 0 Å². The quantitative estimate of drug-likeness (QED) is 0.747. The van der Waals surface area contributed by atoms with Crippen LogP contribution in [0, 0.1) is 6.92 Å². The molecule has 1 aromatic carbocycles. The van der Waals surface area contributed by atoms with E-state index in [2.05, 4.69) is 62.0 Å². The number of hydrogen-bond donors (Lipinski definition) is 0. The lowest BCUT2D eigenvalue weighted by atomic mass is 10.1. The normalized spacial score (nSPS) is 10.3. The van der Waals surface area contributed by atoms with E-state index in [-0.39, 0.29) is 0 Å². The van der Waals surface area contributed by atoms with Gasteiger partial charge in [-0.25, -0.2) is 0 Å². The molecule has 0 unspecified atom stereocenters. The molecule has 15 heavy (non-hydrogen) atoms. The van der Waals surface area contributed by atoms with Crippen LogP contribution in [0.5, 0.6) is 0 Å². The number of halogens is 2. The van der Waals surface area contributed by atoms with Gasteiger partial charge in [-0.1, -0.05) is 23.8 Å². The number of benzene rings is 1. The molecule has 0 spiro atoms. The molecular weight excluding hydrogens is 318 g/mol. The second-order valence-corrected chi connectivity index (χ2v) is 5.06. The number of aryl methyl sites for hydroxylation is 1. The molecule has 0 amide bonds. The smallest absolute Gasteiger partial charge is 0.0714 e. The largest absolute Gasteiger partial charge is 0.255 e. The summed E-state index contributed by atoms with van der Waals surface area (Å²) in [5.74, 6) is 0. The van der Waals surface area contributed by atoms with Crippen molar-refractivity contribution in [2.45, 2.75) is 6.92 Å². The van der Waals surface area contributed by atoms with E-state index in [9.17, 15) is 0 Å². The number of hydrogen-bond acceptors (Lipinski definition) is 1. The molecule has 0 N–H and O–H groups in total. The van der Waals surface area contributed by atoms with E-state index < -0.39 is 0 Å². The standard InChI is InChI=1S/C12H9Br2N/c1-8-3-2-4-9(5-8)12-6-10(13)11(14)7-15-12/h2-7H,1H3. The first-order valence-corrected chi connectivity index (χ1v) is 6.13. The third kappa shape index (κ3) is 2.47. The summed E-state index contributed by atoms with van der Waals surface area (Å²) in [5, 5.41) is 0. The molecular formula is C12H9Br2N. The number of nitrogens with zero attached hydrogens (tertiary/aromatic N) is 1. The van der Waals surface area contributed by atoms with E-state index in [1.165, 1.54) is 5.56 Å². The second-order valence-electron chi connectivity index (χ2n) is 3.35. The maximum Gasteiger partial charge on any atom is 0.0714 e. The monoisotopic (exact) mass is 325 g/mol.